The Balaban J connectivity index is 3.84. The minimum Gasteiger partial charge on any atom is -0.0821 e. The number of allylic oxidation sites excluding steroid dienone is 4. The first kappa shape index (κ1) is 10.5. The first-order valence-corrected chi connectivity index (χ1v) is 4.34. The van der Waals surface area contributed by atoms with Crippen molar-refractivity contribution in [2.75, 3.05) is 0 Å². The van der Waals surface area contributed by atoms with E-state index in [0.717, 1.165) is 6.42 Å². The van der Waals surface area contributed by atoms with Gasteiger partial charge >= 0.3 is 0 Å². The van der Waals surface area contributed by atoms with Crippen LogP contribution in [0.4, 0.5) is 0 Å². The van der Waals surface area contributed by atoms with Gasteiger partial charge in [0, 0.05) is 0 Å². The van der Waals surface area contributed by atoms with E-state index in [1.807, 2.05) is 0 Å². The first-order chi connectivity index (χ1) is 5.04. The van der Waals surface area contributed by atoms with Crippen molar-refractivity contribution in [2.45, 2.75) is 41.0 Å². The first-order valence-electron chi connectivity index (χ1n) is 4.34. The molecule has 64 valence electrons. The molecule has 0 radical (unpaired) electrons. The largest absolute Gasteiger partial charge is 0.0821 e. The summed E-state index contributed by atoms with van der Waals surface area (Å²) in [6.07, 6.45) is 5.65. The van der Waals surface area contributed by atoms with E-state index in [9.17, 15) is 0 Å². The summed E-state index contributed by atoms with van der Waals surface area (Å²) in [6.45, 7) is 10.9. The highest BCUT2D eigenvalue weighted by Gasteiger charge is 1.92. The van der Waals surface area contributed by atoms with E-state index in [1.165, 1.54) is 11.1 Å². The van der Waals surface area contributed by atoms with Gasteiger partial charge in [0.15, 0.2) is 0 Å². The lowest BCUT2D eigenvalue weighted by molar-refractivity contribution is 0.764. The Labute approximate surface area is 71.0 Å². The van der Waals surface area contributed by atoms with Crippen molar-refractivity contribution < 1.29 is 0 Å². The van der Waals surface area contributed by atoms with Gasteiger partial charge in [0.25, 0.3) is 0 Å². The van der Waals surface area contributed by atoms with Gasteiger partial charge in [-0.05, 0) is 33.1 Å². The lowest BCUT2D eigenvalue weighted by atomic mass is 10.0. The van der Waals surface area contributed by atoms with Crippen LogP contribution in [0.15, 0.2) is 23.3 Å². The van der Waals surface area contributed by atoms with Crippen LogP contribution in [0, 0.1) is 5.92 Å². The maximum absolute atomic E-state index is 2.30. The molecular formula is C11H20. The summed E-state index contributed by atoms with van der Waals surface area (Å²) in [5, 5.41) is 0. The maximum atomic E-state index is 2.30. The lowest BCUT2D eigenvalue weighted by Gasteiger charge is -2.02. The zero-order valence-electron chi connectivity index (χ0n) is 8.44. The Morgan fingerprint density at radius 2 is 1.64 bits per heavy atom. The molecular weight excluding hydrogens is 132 g/mol. The van der Waals surface area contributed by atoms with Gasteiger partial charge in [0.1, 0.15) is 0 Å². The van der Waals surface area contributed by atoms with Crippen LogP contribution in [0.2, 0.25) is 0 Å². The summed E-state index contributed by atoms with van der Waals surface area (Å²) >= 11 is 0. The average molecular weight is 152 g/mol. The quantitative estimate of drug-likeness (QED) is 0.537. The summed E-state index contributed by atoms with van der Waals surface area (Å²) in [6, 6.07) is 0. The Bertz CT molecular complexity index is 155. The second-order valence-electron chi connectivity index (χ2n) is 3.62. The van der Waals surface area contributed by atoms with E-state index in [0.29, 0.717) is 5.92 Å². The molecule has 0 saturated heterocycles. The third-order valence-corrected chi connectivity index (χ3v) is 1.88. The van der Waals surface area contributed by atoms with Gasteiger partial charge in [0.05, 0.1) is 0 Å². The fourth-order valence-corrected chi connectivity index (χ4v) is 0.716. The highest BCUT2D eigenvalue weighted by Crippen LogP contribution is 2.09. The molecule has 0 nitrogen and oxygen atoms in total. The van der Waals surface area contributed by atoms with Crippen LogP contribution < -0.4 is 0 Å². The smallest absolute Gasteiger partial charge is 0.0164 e. The fraction of sp³-hybridized carbons (Fsp3) is 0.636. The lowest BCUT2D eigenvalue weighted by Crippen LogP contribution is -1.87. The van der Waals surface area contributed by atoms with E-state index >= 15 is 0 Å². The van der Waals surface area contributed by atoms with Gasteiger partial charge in [-0.2, -0.15) is 0 Å². The zero-order valence-corrected chi connectivity index (χ0v) is 8.44. The molecule has 0 atom stereocenters. The summed E-state index contributed by atoms with van der Waals surface area (Å²) in [4.78, 5) is 0. The van der Waals surface area contributed by atoms with E-state index in [2.05, 4.69) is 46.8 Å². The van der Waals surface area contributed by atoms with Gasteiger partial charge in [-0.1, -0.05) is 37.1 Å². The second kappa shape index (κ2) is 5.17. The molecule has 0 amide bonds. The Kier molecular flexibility index (Phi) is 4.93. The van der Waals surface area contributed by atoms with Gasteiger partial charge in [-0.25, -0.2) is 0 Å². The normalized spacial score (nSPS) is 12.0. The summed E-state index contributed by atoms with van der Waals surface area (Å²) in [5.74, 6) is 0.695. The number of rotatable bonds is 3. The molecule has 0 N–H and O–H groups in total. The average Bonchev–Trinajstić information content (AvgIpc) is 1.86. The molecule has 0 saturated carbocycles. The van der Waals surface area contributed by atoms with Crippen molar-refractivity contribution in [3.8, 4) is 0 Å². The van der Waals surface area contributed by atoms with E-state index < -0.39 is 0 Å². The predicted molar refractivity (Wildman–Crippen MR) is 52.6 cm³/mol. The Morgan fingerprint density at radius 1 is 1.09 bits per heavy atom. The highest BCUT2D eigenvalue weighted by atomic mass is 14.0. The van der Waals surface area contributed by atoms with Crippen LogP contribution in [-0.4, -0.2) is 0 Å². The van der Waals surface area contributed by atoms with E-state index in [-0.39, 0.29) is 0 Å². The third kappa shape index (κ3) is 5.90. The van der Waals surface area contributed by atoms with Crippen LogP contribution in [0.1, 0.15) is 41.0 Å². The molecule has 0 aliphatic heterocycles. The minimum absolute atomic E-state index is 0.695. The van der Waals surface area contributed by atoms with Gasteiger partial charge < -0.3 is 0 Å². The monoisotopic (exact) mass is 152 g/mol. The molecule has 0 heteroatoms. The van der Waals surface area contributed by atoms with Crippen LogP contribution in [-0.2, 0) is 0 Å². The van der Waals surface area contributed by atoms with E-state index in [4.69, 9.17) is 0 Å². The Hall–Kier alpha value is -0.520. The van der Waals surface area contributed by atoms with Crippen LogP contribution in [0.3, 0.4) is 0 Å². The van der Waals surface area contributed by atoms with Crippen LogP contribution >= 0.6 is 0 Å². The van der Waals surface area contributed by atoms with Crippen molar-refractivity contribution in [3.05, 3.63) is 23.3 Å². The molecule has 0 aliphatic rings. The van der Waals surface area contributed by atoms with Crippen molar-refractivity contribution in [3.63, 3.8) is 0 Å². The molecule has 0 aromatic rings. The third-order valence-electron chi connectivity index (χ3n) is 1.88. The van der Waals surface area contributed by atoms with Gasteiger partial charge in [0.2, 0.25) is 0 Å². The second-order valence-corrected chi connectivity index (χ2v) is 3.62. The topological polar surface area (TPSA) is 0 Å². The zero-order chi connectivity index (χ0) is 8.85. The van der Waals surface area contributed by atoms with Gasteiger partial charge in [-0.15, -0.1) is 0 Å². The van der Waals surface area contributed by atoms with Gasteiger partial charge in [-0.3, -0.25) is 0 Å². The molecule has 0 heterocycles. The summed E-state index contributed by atoms with van der Waals surface area (Å²) in [7, 11) is 0. The molecule has 11 heavy (non-hydrogen) atoms. The van der Waals surface area contributed by atoms with Crippen molar-refractivity contribution in [1.29, 1.82) is 0 Å². The SMILES string of the molecule is CC(C)=CC/C=C(\C)C(C)C. The molecule has 0 rings (SSSR count). The van der Waals surface area contributed by atoms with Crippen molar-refractivity contribution >= 4 is 0 Å². The molecule has 0 spiro atoms. The predicted octanol–water partition coefficient (Wildman–Crippen LogP) is 3.95. The molecule has 0 unspecified atom stereocenters. The summed E-state index contributed by atoms with van der Waals surface area (Å²) < 4.78 is 0. The summed E-state index contributed by atoms with van der Waals surface area (Å²) in [5.41, 5.74) is 2.89. The standard InChI is InChI=1S/C11H20/c1-9(2)7-6-8-11(5)10(3)4/h7-8,10H,6H2,1-5H3/b11-8+. The van der Waals surface area contributed by atoms with Crippen molar-refractivity contribution in [1.82, 2.24) is 0 Å². The fourth-order valence-electron chi connectivity index (χ4n) is 0.716. The van der Waals surface area contributed by atoms with Crippen molar-refractivity contribution in [2.24, 2.45) is 5.92 Å². The van der Waals surface area contributed by atoms with Crippen LogP contribution in [0.25, 0.3) is 0 Å². The highest BCUT2D eigenvalue weighted by molar-refractivity contribution is 5.06. The molecule has 0 aromatic heterocycles. The minimum atomic E-state index is 0.695. The molecule has 0 fully saturated rings. The van der Waals surface area contributed by atoms with E-state index in [1.54, 1.807) is 0 Å². The number of hydrogen-bond acceptors (Lipinski definition) is 0. The molecule has 0 aromatic carbocycles. The Morgan fingerprint density at radius 3 is 2.00 bits per heavy atom. The van der Waals surface area contributed by atoms with Crippen LogP contribution in [0.5, 0.6) is 0 Å². The number of hydrogen-bond donors (Lipinski definition) is 0. The molecule has 0 bridgehead atoms. The maximum Gasteiger partial charge on any atom is -0.0164 e. The molecule has 0 aliphatic carbocycles.